The van der Waals surface area contributed by atoms with Crippen molar-refractivity contribution in [3.05, 3.63) is 70.2 Å². The third-order valence-electron chi connectivity index (χ3n) is 5.35. The molecule has 2 aromatic carbocycles. The molecule has 2 heterocycles. The van der Waals surface area contributed by atoms with Gasteiger partial charge in [-0.3, -0.25) is 0 Å². The second-order valence-electron chi connectivity index (χ2n) is 7.53. The molecule has 1 fully saturated rings. The number of benzene rings is 2. The Morgan fingerprint density at radius 2 is 1.87 bits per heavy atom. The van der Waals surface area contributed by atoms with E-state index in [4.69, 9.17) is 27.6 Å². The van der Waals surface area contributed by atoms with Crippen molar-refractivity contribution in [3.63, 3.8) is 0 Å². The number of nitrogens with zero attached hydrogens (tertiary/aromatic N) is 3. The zero-order chi connectivity index (χ0) is 21.8. The summed E-state index contributed by atoms with van der Waals surface area (Å²) in [5.41, 5.74) is 3.06. The number of halogens is 2. The van der Waals surface area contributed by atoms with E-state index in [0.29, 0.717) is 29.0 Å². The van der Waals surface area contributed by atoms with Gasteiger partial charge in [0.15, 0.2) is 11.7 Å². The zero-order valence-corrected chi connectivity index (χ0v) is 18.8. The molecule has 1 N–H and O–H groups in total. The molecule has 0 spiro atoms. The van der Waals surface area contributed by atoms with Crippen LogP contribution >= 0.6 is 23.2 Å². The molecule has 0 atom stereocenters. The van der Waals surface area contributed by atoms with Crippen molar-refractivity contribution in [2.75, 3.05) is 31.1 Å². The van der Waals surface area contributed by atoms with Gasteiger partial charge in [0.2, 0.25) is 0 Å². The van der Waals surface area contributed by atoms with Crippen LogP contribution in [0, 0.1) is 6.92 Å². The van der Waals surface area contributed by atoms with E-state index >= 15 is 0 Å². The van der Waals surface area contributed by atoms with Gasteiger partial charge >= 0.3 is 6.03 Å². The van der Waals surface area contributed by atoms with Gasteiger partial charge < -0.3 is 19.5 Å². The fourth-order valence-electron chi connectivity index (χ4n) is 3.65. The first-order valence-electron chi connectivity index (χ1n) is 10.2. The summed E-state index contributed by atoms with van der Waals surface area (Å²) >= 11 is 12.0. The van der Waals surface area contributed by atoms with Gasteiger partial charge in [-0.05, 0) is 48.4 Å². The number of carbonyl (C=O) groups is 1. The number of aromatic nitrogens is 1. The summed E-state index contributed by atoms with van der Waals surface area (Å²) in [5.74, 6) is 1.42. The van der Waals surface area contributed by atoms with Crippen LogP contribution in [0.5, 0.6) is 0 Å². The quantitative estimate of drug-likeness (QED) is 0.569. The predicted molar refractivity (Wildman–Crippen MR) is 124 cm³/mol. The number of carbonyl (C=O) groups excluding carboxylic acids is 1. The highest BCUT2D eigenvalue weighted by molar-refractivity contribution is 6.42. The van der Waals surface area contributed by atoms with Gasteiger partial charge in [-0.1, -0.05) is 29.3 Å². The SMILES string of the molecule is Cc1ncc(-c2ccc(N3CCCN(C(=O)NCc4ccc(Cl)c(Cl)c4)CC3)cc2)o1. The van der Waals surface area contributed by atoms with E-state index < -0.39 is 0 Å². The topological polar surface area (TPSA) is 61.6 Å². The maximum Gasteiger partial charge on any atom is 0.317 e. The van der Waals surface area contributed by atoms with Crippen molar-refractivity contribution >= 4 is 34.9 Å². The van der Waals surface area contributed by atoms with Crippen molar-refractivity contribution in [1.82, 2.24) is 15.2 Å². The number of hydrogen-bond acceptors (Lipinski definition) is 4. The maximum atomic E-state index is 12.6. The Morgan fingerprint density at radius 3 is 2.58 bits per heavy atom. The largest absolute Gasteiger partial charge is 0.441 e. The summed E-state index contributed by atoms with van der Waals surface area (Å²) in [6.07, 6.45) is 2.65. The van der Waals surface area contributed by atoms with Crippen LogP contribution in [0.25, 0.3) is 11.3 Å². The fraction of sp³-hybridized carbons (Fsp3) is 0.304. The van der Waals surface area contributed by atoms with E-state index in [1.165, 1.54) is 0 Å². The molecule has 1 saturated heterocycles. The Labute approximate surface area is 191 Å². The van der Waals surface area contributed by atoms with Crippen molar-refractivity contribution < 1.29 is 9.21 Å². The Hall–Kier alpha value is -2.70. The lowest BCUT2D eigenvalue weighted by Gasteiger charge is -2.24. The normalized spacial score (nSPS) is 14.4. The van der Waals surface area contributed by atoms with Crippen molar-refractivity contribution in [1.29, 1.82) is 0 Å². The van der Waals surface area contributed by atoms with Gasteiger partial charge in [-0.15, -0.1) is 0 Å². The van der Waals surface area contributed by atoms with Crippen LogP contribution in [0.4, 0.5) is 10.5 Å². The molecule has 2 amide bonds. The Balaban J connectivity index is 1.32. The van der Waals surface area contributed by atoms with E-state index in [9.17, 15) is 4.79 Å². The van der Waals surface area contributed by atoms with Crippen molar-refractivity contribution in [2.45, 2.75) is 19.9 Å². The third kappa shape index (κ3) is 5.32. The van der Waals surface area contributed by atoms with Gasteiger partial charge in [0.05, 0.1) is 16.2 Å². The lowest BCUT2D eigenvalue weighted by molar-refractivity contribution is 0.201. The molecule has 0 radical (unpaired) electrons. The Morgan fingerprint density at radius 1 is 1.06 bits per heavy atom. The van der Waals surface area contributed by atoms with Gasteiger partial charge in [0.1, 0.15) is 0 Å². The summed E-state index contributed by atoms with van der Waals surface area (Å²) in [6, 6.07) is 13.6. The number of amides is 2. The molecule has 6 nitrogen and oxygen atoms in total. The smallest absolute Gasteiger partial charge is 0.317 e. The molecule has 162 valence electrons. The molecule has 0 bridgehead atoms. The first-order valence-corrected chi connectivity index (χ1v) is 11.0. The second-order valence-corrected chi connectivity index (χ2v) is 8.34. The van der Waals surface area contributed by atoms with Crippen LogP contribution in [0.2, 0.25) is 10.0 Å². The molecule has 4 rings (SSSR count). The molecule has 0 aliphatic carbocycles. The van der Waals surface area contributed by atoms with Gasteiger partial charge in [0, 0.05) is 50.9 Å². The number of anilines is 1. The van der Waals surface area contributed by atoms with Gasteiger partial charge in [0.25, 0.3) is 0 Å². The van der Waals surface area contributed by atoms with Crippen LogP contribution in [-0.4, -0.2) is 42.1 Å². The fourth-order valence-corrected chi connectivity index (χ4v) is 3.97. The highest BCUT2D eigenvalue weighted by Gasteiger charge is 2.19. The van der Waals surface area contributed by atoms with E-state index in [2.05, 4.69) is 27.3 Å². The summed E-state index contributed by atoms with van der Waals surface area (Å²) in [6.45, 7) is 5.31. The van der Waals surface area contributed by atoms with Gasteiger partial charge in [-0.2, -0.15) is 0 Å². The molecular weight excluding hydrogens is 435 g/mol. The molecule has 31 heavy (non-hydrogen) atoms. The Kier molecular flexibility index (Phi) is 6.68. The number of oxazole rings is 1. The molecule has 3 aromatic rings. The summed E-state index contributed by atoms with van der Waals surface area (Å²) in [7, 11) is 0. The molecule has 1 aliphatic rings. The van der Waals surface area contributed by atoms with Crippen LogP contribution in [0.15, 0.2) is 53.1 Å². The minimum Gasteiger partial charge on any atom is -0.441 e. The summed E-state index contributed by atoms with van der Waals surface area (Å²) in [4.78, 5) is 21.0. The predicted octanol–water partition coefficient (Wildman–Crippen LogP) is 5.38. The average molecular weight is 459 g/mol. The Bertz CT molecular complexity index is 1050. The number of aryl methyl sites for hydroxylation is 1. The standard InChI is InChI=1S/C23H24Cl2N4O2/c1-16-26-15-22(31-16)18-4-6-19(7-5-18)28-9-2-10-29(12-11-28)23(30)27-14-17-3-8-20(24)21(25)13-17/h3-8,13,15H,2,9-12,14H2,1H3,(H,27,30). The molecule has 8 heteroatoms. The third-order valence-corrected chi connectivity index (χ3v) is 6.09. The number of nitrogens with one attached hydrogen (secondary N) is 1. The van der Waals surface area contributed by atoms with Crippen LogP contribution in [-0.2, 0) is 6.54 Å². The van der Waals surface area contributed by atoms with Crippen molar-refractivity contribution in [3.8, 4) is 11.3 Å². The minimum absolute atomic E-state index is 0.0658. The number of urea groups is 1. The lowest BCUT2D eigenvalue weighted by atomic mass is 10.1. The van der Waals surface area contributed by atoms with E-state index in [1.807, 2.05) is 30.0 Å². The monoisotopic (exact) mass is 458 g/mol. The van der Waals surface area contributed by atoms with Crippen LogP contribution in [0.3, 0.4) is 0 Å². The summed E-state index contributed by atoms with van der Waals surface area (Å²) < 4.78 is 5.59. The molecule has 1 aliphatic heterocycles. The second kappa shape index (κ2) is 9.62. The highest BCUT2D eigenvalue weighted by atomic mass is 35.5. The van der Waals surface area contributed by atoms with Crippen molar-refractivity contribution in [2.24, 2.45) is 0 Å². The average Bonchev–Trinajstić information content (AvgIpc) is 3.06. The van der Waals surface area contributed by atoms with E-state index in [1.54, 1.807) is 18.3 Å². The molecule has 1 aromatic heterocycles. The molecule has 0 unspecified atom stereocenters. The summed E-state index contributed by atoms with van der Waals surface area (Å²) in [5, 5.41) is 3.97. The highest BCUT2D eigenvalue weighted by Crippen LogP contribution is 2.25. The van der Waals surface area contributed by atoms with Crippen LogP contribution < -0.4 is 10.2 Å². The minimum atomic E-state index is -0.0658. The first kappa shape index (κ1) is 21.5. The first-order chi connectivity index (χ1) is 15.0. The molecular formula is C23H24Cl2N4O2. The van der Waals surface area contributed by atoms with Crippen LogP contribution in [0.1, 0.15) is 17.9 Å². The van der Waals surface area contributed by atoms with E-state index in [-0.39, 0.29) is 6.03 Å². The maximum absolute atomic E-state index is 12.6. The van der Waals surface area contributed by atoms with Gasteiger partial charge in [-0.25, -0.2) is 9.78 Å². The number of hydrogen-bond donors (Lipinski definition) is 1. The lowest BCUT2D eigenvalue weighted by Crippen LogP contribution is -2.41. The zero-order valence-electron chi connectivity index (χ0n) is 17.3. The van der Waals surface area contributed by atoms with E-state index in [0.717, 1.165) is 48.6 Å². The molecule has 0 saturated carbocycles. The number of rotatable bonds is 4.